The van der Waals surface area contributed by atoms with Crippen molar-refractivity contribution >= 4 is 26.7 Å². The molecule has 0 spiro atoms. The molecule has 2 N–H and O–H groups in total. The van der Waals surface area contributed by atoms with Crippen LogP contribution in [0.2, 0.25) is 0 Å². The zero-order valence-electron chi connectivity index (χ0n) is 27.1. The number of carbonyl (C=O) groups is 1. The molecule has 1 saturated carbocycles. The van der Waals surface area contributed by atoms with Crippen LogP contribution in [0.15, 0.2) is 95.9 Å². The number of carbonyl (C=O) groups excluding carboxylic acids is 1. The van der Waals surface area contributed by atoms with Gasteiger partial charge in [-0.25, -0.2) is 8.42 Å². The van der Waals surface area contributed by atoms with Crippen molar-refractivity contribution in [3.63, 3.8) is 0 Å². The van der Waals surface area contributed by atoms with Gasteiger partial charge in [0.25, 0.3) is 0 Å². The first-order valence-corrected chi connectivity index (χ1v) is 18.9. The van der Waals surface area contributed by atoms with E-state index in [-0.39, 0.29) is 48.0 Å². The van der Waals surface area contributed by atoms with E-state index in [1.807, 2.05) is 71.6 Å². The van der Waals surface area contributed by atoms with Crippen LogP contribution in [0.1, 0.15) is 57.8 Å². The van der Waals surface area contributed by atoms with E-state index in [1.54, 1.807) is 12.1 Å². The largest absolute Gasteiger partial charge is 0.490 e. The summed E-state index contributed by atoms with van der Waals surface area (Å²) in [6.07, 6.45) is 7.92. The molecule has 8 nitrogen and oxygen atoms in total. The van der Waals surface area contributed by atoms with E-state index in [1.165, 1.54) is 17.1 Å². The lowest BCUT2D eigenvalue weighted by Gasteiger charge is -2.40. The number of amides is 1. The smallest absolute Gasteiger partial charge is 0.243 e. The van der Waals surface area contributed by atoms with Crippen LogP contribution >= 0.6 is 0 Å². The number of nitrogens with zero attached hydrogens (tertiary/aromatic N) is 2. The van der Waals surface area contributed by atoms with Gasteiger partial charge in [0.15, 0.2) is 0 Å². The first-order valence-electron chi connectivity index (χ1n) is 17.4. The SMILES string of the molecule is NC1CC2CCC(C1)N2C(=O)[C@@H]1C[C@H](Oc2ccc(-c3ccccc3)cc2)CN1S(=O)(=O)c1ccc2cc(OC3CCCC3)ccc2c1. The molecule has 250 valence electrons. The average Bonchev–Trinajstić information content (AvgIpc) is 3.84. The summed E-state index contributed by atoms with van der Waals surface area (Å²) in [6, 6.07) is 28.3. The summed E-state index contributed by atoms with van der Waals surface area (Å²) in [5.74, 6) is 1.33. The normalized spacial score (nSPS) is 26.3. The van der Waals surface area contributed by atoms with Gasteiger partial charge in [-0.3, -0.25) is 4.79 Å². The van der Waals surface area contributed by atoms with Crippen molar-refractivity contribution in [2.75, 3.05) is 6.54 Å². The van der Waals surface area contributed by atoms with Gasteiger partial charge in [0.2, 0.25) is 15.9 Å². The molecule has 4 aliphatic rings. The molecule has 0 aromatic heterocycles. The zero-order valence-corrected chi connectivity index (χ0v) is 27.9. The Morgan fingerprint density at radius 2 is 1.31 bits per heavy atom. The Balaban J connectivity index is 1.06. The molecule has 8 rings (SSSR count). The third kappa shape index (κ3) is 6.08. The molecule has 3 heterocycles. The van der Waals surface area contributed by atoms with Crippen LogP contribution < -0.4 is 15.2 Å². The van der Waals surface area contributed by atoms with Crippen molar-refractivity contribution in [1.29, 1.82) is 0 Å². The monoisotopic (exact) mass is 665 g/mol. The minimum atomic E-state index is -4.04. The van der Waals surface area contributed by atoms with Crippen LogP contribution in [0, 0.1) is 0 Å². The van der Waals surface area contributed by atoms with E-state index in [9.17, 15) is 13.2 Å². The Labute approximate surface area is 282 Å². The maximum absolute atomic E-state index is 14.5. The number of ether oxygens (including phenoxy) is 2. The van der Waals surface area contributed by atoms with Gasteiger partial charge in [0.1, 0.15) is 23.6 Å². The van der Waals surface area contributed by atoms with Crippen LogP contribution in [-0.4, -0.2) is 66.5 Å². The molecule has 4 aromatic carbocycles. The standard InChI is InChI=1S/C39H43N3O5S/c40-30-22-31-14-15-32(23-30)42(31)39(43)38-24-36(47-34-16-10-27(11-17-34)26-6-2-1-3-7-26)25-41(38)48(44,45)37-19-13-28-20-35(18-12-29(28)21-37)46-33-8-4-5-9-33/h1-3,6-7,10-13,16-21,30-33,36,38H,4-5,8-9,14-15,22-25,40H2/t30?,31?,32?,36-,38-/m0/s1. The van der Waals surface area contributed by atoms with Gasteiger partial charge in [0.05, 0.1) is 17.5 Å². The number of hydrogen-bond donors (Lipinski definition) is 1. The molecular weight excluding hydrogens is 623 g/mol. The van der Waals surface area contributed by atoms with E-state index < -0.39 is 22.2 Å². The second-order valence-electron chi connectivity index (χ2n) is 14.0. The summed E-state index contributed by atoms with van der Waals surface area (Å²) in [5, 5.41) is 1.73. The minimum Gasteiger partial charge on any atom is -0.490 e. The van der Waals surface area contributed by atoms with Crippen LogP contribution in [0.3, 0.4) is 0 Å². The molecule has 2 bridgehead atoms. The predicted octanol–water partition coefficient (Wildman–Crippen LogP) is 6.52. The van der Waals surface area contributed by atoms with E-state index in [4.69, 9.17) is 15.2 Å². The van der Waals surface area contributed by atoms with Crippen molar-refractivity contribution in [3.05, 3.63) is 91.0 Å². The second-order valence-corrected chi connectivity index (χ2v) is 15.9. The maximum atomic E-state index is 14.5. The van der Waals surface area contributed by atoms with Gasteiger partial charge in [-0.1, -0.05) is 54.6 Å². The minimum absolute atomic E-state index is 0.0580. The molecule has 1 aliphatic carbocycles. The van der Waals surface area contributed by atoms with Gasteiger partial charge in [-0.2, -0.15) is 4.31 Å². The lowest BCUT2D eigenvalue weighted by atomic mass is 9.97. The lowest BCUT2D eigenvalue weighted by Crippen LogP contribution is -2.55. The Morgan fingerprint density at radius 1 is 0.688 bits per heavy atom. The fourth-order valence-electron chi connectivity index (χ4n) is 8.41. The van der Waals surface area contributed by atoms with Crippen molar-refractivity contribution in [2.45, 2.75) is 99.1 Å². The summed E-state index contributed by atoms with van der Waals surface area (Å²) in [6.45, 7) is 0.0913. The summed E-state index contributed by atoms with van der Waals surface area (Å²) in [7, 11) is -4.04. The maximum Gasteiger partial charge on any atom is 0.243 e. The zero-order chi connectivity index (χ0) is 32.8. The fraction of sp³-hybridized carbons (Fsp3) is 0.410. The van der Waals surface area contributed by atoms with E-state index >= 15 is 0 Å². The summed E-state index contributed by atoms with van der Waals surface area (Å²) >= 11 is 0. The molecule has 9 heteroatoms. The average molecular weight is 666 g/mol. The van der Waals surface area contributed by atoms with E-state index in [0.29, 0.717) is 5.75 Å². The number of rotatable bonds is 8. The van der Waals surface area contributed by atoms with Gasteiger partial charge in [-0.15, -0.1) is 0 Å². The van der Waals surface area contributed by atoms with Crippen LogP contribution in [0.4, 0.5) is 0 Å². The molecule has 1 amide bonds. The number of piperidine rings is 1. The highest BCUT2D eigenvalue weighted by Crippen LogP contribution is 2.39. The quantitative estimate of drug-likeness (QED) is 0.230. The molecule has 4 atom stereocenters. The van der Waals surface area contributed by atoms with Crippen molar-refractivity contribution in [1.82, 2.24) is 9.21 Å². The summed E-state index contributed by atoms with van der Waals surface area (Å²) in [5.41, 5.74) is 8.50. The van der Waals surface area contributed by atoms with Gasteiger partial charge in [-0.05, 0) is 110 Å². The number of benzene rings is 4. The highest BCUT2D eigenvalue weighted by molar-refractivity contribution is 7.89. The number of nitrogens with two attached hydrogens (primary N) is 1. The molecule has 3 aliphatic heterocycles. The Kier molecular flexibility index (Phi) is 8.39. The topological polar surface area (TPSA) is 102 Å². The first-order chi connectivity index (χ1) is 23.3. The summed E-state index contributed by atoms with van der Waals surface area (Å²) in [4.78, 5) is 16.5. The van der Waals surface area contributed by atoms with E-state index in [0.717, 1.165) is 66.2 Å². The molecular formula is C39H43N3O5S. The van der Waals surface area contributed by atoms with Gasteiger partial charge in [0, 0.05) is 24.5 Å². The highest BCUT2D eigenvalue weighted by Gasteiger charge is 2.51. The van der Waals surface area contributed by atoms with Crippen LogP contribution in [0.5, 0.6) is 11.5 Å². The van der Waals surface area contributed by atoms with Gasteiger partial charge < -0.3 is 20.1 Å². The molecule has 4 aromatic rings. The molecule has 48 heavy (non-hydrogen) atoms. The molecule has 2 unspecified atom stereocenters. The van der Waals surface area contributed by atoms with Crippen LogP contribution in [0.25, 0.3) is 21.9 Å². The van der Waals surface area contributed by atoms with Crippen molar-refractivity contribution < 1.29 is 22.7 Å². The fourth-order valence-corrected chi connectivity index (χ4v) is 10.1. The Hall–Kier alpha value is -3.92. The third-order valence-corrected chi connectivity index (χ3v) is 12.7. The second kappa shape index (κ2) is 12.8. The van der Waals surface area contributed by atoms with Gasteiger partial charge >= 0.3 is 0 Å². The Morgan fingerprint density at radius 3 is 2.04 bits per heavy atom. The van der Waals surface area contributed by atoms with Crippen LogP contribution in [-0.2, 0) is 14.8 Å². The molecule has 3 saturated heterocycles. The highest BCUT2D eigenvalue weighted by atomic mass is 32.2. The lowest BCUT2D eigenvalue weighted by molar-refractivity contribution is -0.139. The number of sulfonamides is 1. The predicted molar refractivity (Wildman–Crippen MR) is 186 cm³/mol. The molecule has 0 radical (unpaired) electrons. The molecule has 4 fully saturated rings. The number of fused-ring (bicyclic) bond motifs is 3. The Bertz CT molecular complexity index is 1880. The van der Waals surface area contributed by atoms with Crippen molar-refractivity contribution in [3.8, 4) is 22.6 Å². The number of hydrogen-bond acceptors (Lipinski definition) is 6. The first kappa shape index (κ1) is 31.4. The third-order valence-electron chi connectivity index (χ3n) is 10.8. The van der Waals surface area contributed by atoms with E-state index in [2.05, 4.69) is 12.1 Å². The van der Waals surface area contributed by atoms with Crippen molar-refractivity contribution in [2.24, 2.45) is 5.73 Å². The summed E-state index contributed by atoms with van der Waals surface area (Å²) < 4.78 is 42.9.